The number of thioether (sulfide) groups is 1. The molecule has 1 aromatic carbocycles. The topological polar surface area (TPSA) is 68.1 Å². The number of aliphatic imine (C=N–C) groups is 1. The Morgan fingerprint density at radius 2 is 2.10 bits per heavy atom. The molecular weight excluding hydrogens is 278 g/mol. The Balaban J connectivity index is 2.44. The van der Waals surface area contributed by atoms with Gasteiger partial charge in [0.2, 0.25) is 5.12 Å². The molecule has 1 aromatic rings. The molecule has 0 amide bonds. The molecule has 0 saturated heterocycles. The summed E-state index contributed by atoms with van der Waals surface area (Å²) in [5.74, 6) is 1.59. The molecule has 0 radical (unpaired) electrons. The summed E-state index contributed by atoms with van der Waals surface area (Å²) in [4.78, 5) is 16.1. The molecule has 0 fully saturated rings. The first-order chi connectivity index (χ1) is 9.56. The fourth-order valence-corrected chi connectivity index (χ4v) is 2.70. The lowest BCUT2D eigenvalue weighted by Crippen LogP contribution is -2.05. The van der Waals surface area contributed by atoms with Crippen LogP contribution in [0.4, 0.5) is 5.69 Å². The number of carbonyl (C=O) groups excluding carboxylic acids is 1. The van der Waals surface area contributed by atoms with Crippen LogP contribution < -0.4 is 9.47 Å². The maximum absolute atomic E-state index is 11.7. The van der Waals surface area contributed by atoms with Gasteiger partial charge >= 0.3 is 0 Å². The minimum atomic E-state index is -0.161. The van der Waals surface area contributed by atoms with Crippen LogP contribution in [-0.4, -0.2) is 35.9 Å². The lowest BCUT2D eigenvalue weighted by molar-refractivity contribution is -0.107. The molecule has 0 spiro atoms. The molecule has 1 heterocycles. The Morgan fingerprint density at radius 3 is 2.65 bits per heavy atom. The number of carbonyl (C=O) groups is 1. The SMILES string of the molecule is COc1ccc(OC)c(N=C(C)C2=C(O)CSC2=O)c1. The van der Waals surface area contributed by atoms with Gasteiger partial charge in [0.05, 0.1) is 31.3 Å². The van der Waals surface area contributed by atoms with E-state index in [-0.39, 0.29) is 16.4 Å². The summed E-state index contributed by atoms with van der Waals surface area (Å²) in [7, 11) is 3.11. The molecule has 0 bridgehead atoms. The highest BCUT2D eigenvalue weighted by molar-refractivity contribution is 8.14. The number of benzene rings is 1. The predicted octanol–water partition coefficient (Wildman–Crippen LogP) is 2.88. The maximum atomic E-state index is 11.7. The molecule has 1 aliphatic heterocycles. The molecule has 1 N–H and O–H groups in total. The number of hydrogen-bond acceptors (Lipinski definition) is 6. The highest BCUT2D eigenvalue weighted by Gasteiger charge is 2.26. The zero-order valence-corrected chi connectivity index (χ0v) is 12.3. The second-order valence-corrected chi connectivity index (χ2v) is 5.08. The van der Waals surface area contributed by atoms with Crippen molar-refractivity contribution in [3.8, 4) is 11.5 Å². The molecule has 2 rings (SSSR count). The van der Waals surface area contributed by atoms with Gasteiger partial charge in [0.1, 0.15) is 22.9 Å². The Labute approximate surface area is 121 Å². The number of aliphatic hydroxyl groups is 1. The Kier molecular flexibility index (Phi) is 4.34. The smallest absolute Gasteiger partial charge is 0.225 e. The van der Waals surface area contributed by atoms with Gasteiger partial charge in [0.15, 0.2) is 0 Å². The van der Waals surface area contributed by atoms with E-state index in [9.17, 15) is 9.90 Å². The maximum Gasteiger partial charge on any atom is 0.225 e. The zero-order valence-electron chi connectivity index (χ0n) is 11.5. The largest absolute Gasteiger partial charge is 0.511 e. The second kappa shape index (κ2) is 6.00. The summed E-state index contributed by atoms with van der Waals surface area (Å²) < 4.78 is 10.4. The van der Waals surface area contributed by atoms with E-state index in [0.717, 1.165) is 11.8 Å². The molecule has 0 aromatic heterocycles. The molecule has 0 saturated carbocycles. The van der Waals surface area contributed by atoms with Crippen molar-refractivity contribution in [2.45, 2.75) is 6.92 Å². The first kappa shape index (κ1) is 14.5. The summed E-state index contributed by atoms with van der Waals surface area (Å²) in [6, 6.07) is 5.22. The van der Waals surface area contributed by atoms with Crippen LogP contribution in [0.2, 0.25) is 0 Å². The predicted molar refractivity (Wildman–Crippen MR) is 79.4 cm³/mol. The van der Waals surface area contributed by atoms with Crippen LogP contribution in [0, 0.1) is 0 Å². The van der Waals surface area contributed by atoms with Gasteiger partial charge in [-0.05, 0) is 19.1 Å². The number of methoxy groups -OCH3 is 2. The van der Waals surface area contributed by atoms with E-state index < -0.39 is 0 Å². The van der Waals surface area contributed by atoms with Crippen LogP contribution in [-0.2, 0) is 4.79 Å². The van der Waals surface area contributed by atoms with Crippen molar-refractivity contribution in [2.24, 2.45) is 4.99 Å². The van der Waals surface area contributed by atoms with Crippen molar-refractivity contribution in [1.29, 1.82) is 0 Å². The number of rotatable bonds is 4. The lowest BCUT2D eigenvalue weighted by Gasteiger charge is -2.08. The zero-order chi connectivity index (χ0) is 14.7. The van der Waals surface area contributed by atoms with Crippen molar-refractivity contribution in [2.75, 3.05) is 20.0 Å². The van der Waals surface area contributed by atoms with E-state index in [2.05, 4.69) is 4.99 Å². The summed E-state index contributed by atoms with van der Waals surface area (Å²) >= 11 is 1.07. The molecular formula is C14H15NO4S. The molecule has 0 aliphatic carbocycles. The Morgan fingerprint density at radius 1 is 1.35 bits per heavy atom. The molecule has 0 unspecified atom stereocenters. The Hall–Kier alpha value is -1.95. The van der Waals surface area contributed by atoms with Crippen LogP contribution in [0.25, 0.3) is 0 Å². The van der Waals surface area contributed by atoms with Crippen molar-refractivity contribution in [3.05, 3.63) is 29.5 Å². The average molecular weight is 293 g/mol. The van der Waals surface area contributed by atoms with Gasteiger partial charge in [0, 0.05) is 6.07 Å². The normalized spacial score (nSPS) is 15.8. The fourth-order valence-electron chi connectivity index (χ4n) is 1.87. The van der Waals surface area contributed by atoms with Crippen molar-refractivity contribution >= 4 is 28.3 Å². The van der Waals surface area contributed by atoms with Crippen molar-refractivity contribution < 1.29 is 19.4 Å². The highest BCUT2D eigenvalue weighted by Crippen LogP contribution is 2.33. The van der Waals surface area contributed by atoms with Gasteiger partial charge in [-0.3, -0.25) is 4.79 Å². The molecule has 6 heteroatoms. The first-order valence-electron chi connectivity index (χ1n) is 5.93. The van der Waals surface area contributed by atoms with Crippen molar-refractivity contribution in [1.82, 2.24) is 0 Å². The van der Waals surface area contributed by atoms with Gasteiger partial charge < -0.3 is 14.6 Å². The second-order valence-electron chi connectivity index (χ2n) is 4.13. The molecule has 106 valence electrons. The van der Waals surface area contributed by atoms with E-state index in [4.69, 9.17) is 9.47 Å². The van der Waals surface area contributed by atoms with E-state index in [0.29, 0.717) is 28.7 Å². The average Bonchev–Trinajstić information content (AvgIpc) is 2.78. The van der Waals surface area contributed by atoms with Crippen LogP contribution >= 0.6 is 11.8 Å². The van der Waals surface area contributed by atoms with E-state index in [1.165, 1.54) is 0 Å². The third kappa shape index (κ3) is 2.80. The number of ether oxygens (including phenoxy) is 2. The van der Waals surface area contributed by atoms with Crippen molar-refractivity contribution in [3.63, 3.8) is 0 Å². The fraction of sp³-hybridized carbons (Fsp3) is 0.286. The van der Waals surface area contributed by atoms with Gasteiger partial charge in [-0.1, -0.05) is 11.8 Å². The highest BCUT2D eigenvalue weighted by atomic mass is 32.2. The van der Waals surface area contributed by atoms with Gasteiger partial charge in [-0.15, -0.1) is 0 Å². The number of aliphatic hydroxyl groups excluding tert-OH is 1. The van der Waals surface area contributed by atoms with Crippen LogP contribution in [0.5, 0.6) is 11.5 Å². The van der Waals surface area contributed by atoms with Crippen LogP contribution in [0.15, 0.2) is 34.5 Å². The minimum absolute atomic E-state index is 0.0723. The third-order valence-corrected chi connectivity index (χ3v) is 3.75. The standard InChI is InChI=1S/C14H15NO4S/c1-8(13-11(16)7-20-14(13)17)15-10-6-9(18-2)4-5-12(10)19-3/h4-6,16H,7H2,1-3H3. The number of hydrogen-bond donors (Lipinski definition) is 1. The molecule has 1 aliphatic rings. The first-order valence-corrected chi connectivity index (χ1v) is 6.92. The monoisotopic (exact) mass is 293 g/mol. The number of nitrogens with zero attached hydrogens (tertiary/aromatic N) is 1. The molecule has 0 atom stereocenters. The summed E-state index contributed by atoms with van der Waals surface area (Å²) in [6.07, 6.45) is 0. The molecule has 5 nitrogen and oxygen atoms in total. The van der Waals surface area contributed by atoms with Gasteiger partial charge in [-0.25, -0.2) is 4.99 Å². The summed E-state index contributed by atoms with van der Waals surface area (Å²) in [5.41, 5.74) is 1.29. The van der Waals surface area contributed by atoms with Crippen LogP contribution in [0.3, 0.4) is 0 Å². The van der Waals surface area contributed by atoms with E-state index in [1.54, 1.807) is 39.3 Å². The third-order valence-electron chi connectivity index (χ3n) is 2.87. The lowest BCUT2D eigenvalue weighted by atomic mass is 10.1. The minimum Gasteiger partial charge on any atom is -0.511 e. The van der Waals surface area contributed by atoms with E-state index >= 15 is 0 Å². The van der Waals surface area contributed by atoms with Crippen LogP contribution in [0.1, 0.15) is 6.92 Å². The quantitative estimate of drug-likeness (QED) is 0.864. The Bertz CT molecular complexity index is 607. The van der Waals surface area contributed by atoms with Gasteiger partial charge in [-0.2, -0.15) is 0 Å². The van der Waals surface area contributed by atoms with E-state index in [1.807, 2.05) is 0 Å². The molecule has 20 heavy (non-hydrogen) atoms. The summed E-state index contributed by atoms with van der Waals surface area (Å²) in [5, 5.41) is 9.57. The van der Waals surface area contributed by atoms with Gasteiger partial charge in [0.25, 0.3) is 0 Å². The summed E-state index contributed by atoms with van der Waals surface area (Å²) in [6.45, 7) is 1.69.